The number of hydrogen-bond acceptors (Lipinski definition) is 5. The Morgan fingerprint density at radius 1 is 0.862 bits per heavy atom. The van der Waals surface area contributed by atoms with Crippen LogP contribution < -0.4 is 19.7 Å². The van der Waals surface area contributed by atoms with Gasteiger partial charge in [-0.3, -0.25) is 4.79 Å². The summed E-state index contributed by atoms with van der Waals surface area (Å²) >= 11 is 0. The Morgan fingerprint density at radius 3 is 2.03 bits per heavy atom. The molecule has 0 aliphatic carbocycles. The number of carbonyl (C=O) groups excluding carboxylic acids is 1. The molecule has 0 spiro atoms. The lowest BCUT2D eigenvalue weighted by atomic mass is 10.1. The number of hydrogen-bond donors (Lipinski definition) is 1. The molecule has 6 heteroatoms. The summed E-state index contributed by atoms with van der Waals surface area (Å²) in [6.07, 6.45) is 1.49. The first kappa shape index (κ1) is 21.0. The Hall–Kier alpha value is -2.73. The third-order valence-electron chi connectivity index (χ3n) is 5.34. The summed E-state index contributed by atoms with van der Waals surface area (Å²) in [6.45, 7) is 4.86. The van der Waals surface area contributed by atoms with Crippen molar-refractivity contribution in [3.05, 3.63) is 54.1 Å². The SMILES string of the molecule is COc1ccc(CCNCCC(=O)N2CCN(c3ccc(OC)cc3)CC2)cc1. The number of ether oxygens (including phenoxy) is 2. The minimum atomic E-state index is 0.233. The summed E-state index contributed by atoms with van der Waals surface area (Å²) in [5, 5.41) is 3.38. The molecule has 2 aromatic rings. The summed E-state index contributed by atoms with van der Waals surface area (Å²) in [5.74, 6) is 1.97. The zero-order chi connectivity index (χ0) is 20.5. The molecular formula is C23H31N3O3. The molecule has 0 aromatic heterocycles. The number of piperazine rings is 1. The highest BCUT2D eigenvalue weighted by molar-refractivity contribution is 5.76. The Morgan fingerprint density at radius 2 is 1.45 bits per heavy atom. The van der Waals surface area contributed by atoms with E-state index in [2.05, 4.69) is 34.5 Å². The van der Waals surface area contributed by atoms with Gasteiger partial charge in [0.25, 0.3) is 0 Å². The van der Waals surface area contributed by atoms with E-state index in [0.717, 1.165) is 50.6 Å². The molecule has 1 N–H and O–H groups in total. The molecule has 1 heterocycles. The van der Waals surface area contributed by atoms with E-state index in [9.17, 15) is 4.79 Å². The highest BCUT2D eigenvalue weighted by atomic mass is 16.5. The van der Waals surface area contributed by atoms with E-state index in [-0.39, 0.29) is 5.91 Å². The molecule has 1 aliphatic rings. The lowest BCUT2D eigenvalue weighted by molar-refractivity contribution is -0.131. The van der Waals surface area contributed by atoms with Crippen molar-refractivity contribution in [2.75, 3.05) is 58.4 Å². The number of amides is 1. The summed E-state index contributed by atoms with van der Waals surface area (Å²) in [5.41, 5.74) is 2.44. The van der Waals surface area contributed by atoms with Crippen LogP contribution in [0.5, 0.6) is 11.5 Å². The fraction of sp³-hybridized carbons (Fsp3) is 0.435. The minimum Gasteiger partial charge on any atom is -0.497 e. The zero-order valence-electron chi connectivity index (χ0n) is 17.4. The Bertz CT molecular complexity index is 754. The van der Waals surface area contributed by atoms with Gasteiger partial charge in [-0.25, -0.2) is 0 Å². The molecule has 1 fully saturated rings. The quantitative estimate of drug-likeness (QED) is 0.659. The van der Waals surface area contributed by atoms with E-state index in [0.29, 0.717) is 13.0 Å². The smallest absolute Gasteiger partial charge is 0.223 e. The highest BCUT2D eigenvalue weighted by Gasteiger charge is 2.20. The van der Waals surface area contributed by atoms with Gasteiger partial charge in [-0.15, -0.1) is 0 Å². The van der Waals surface area contributed by atoms with Crippen molar-refractivity contribution in [2.24, 2.45) is 0 Å². The normalized spacial score (nSPS) is 14.0. The van der Waals surface area contributed by atoms with Gasteiger partial charge < -0.3 is 24.6 Å². The van der Waals surface area contributed by atoms with Crippen LogP contribution in [0.3, 0.4) is 0 Å². The topological polar surface area (TPSA) is 54.0 Å². The Kier molecular flexibility index (Phi) is 7.76. The van der Waals surface area contributed by atoms with E-state index in [1.165, 1.54) is 11.3 Å². The number of methoxy groups -OCH3 is 2. The van der Waals surface area contributed by atoms with E-state index >= 15 is 0 Å². The summed E-state index contributed by atoms with van der Waals surface area (Å²) in [7, 11) is 3.35. The van der Waals surface area contributed by atoms with Gasteiger partial charge in [0, 0.05) is 44.8 Å². The minimum absolute atomic E-state index is 0.233. The van der Waals surface area contributed by atoms with Crippen LogP contribution in [0.2, 0.25) is 0 Å². The van der Waals surface area contributed by atoms with Gasteiger partial charge >= 0.3 is 0 Å². The fourth-order valence-electron chi connectivity index (χ4n) is 3.51. The molecule has 0 radical (unpaired) electrons. The van der Waals surface area contributed by atoms with Crippen molar-refractivity contribution in [3.8, 4) is 11.5 Å². The predicted octanol–water partition coefficient (Wildman–Crippen LogP) is 2.57. The molecule has 29 heavy (non-hydrogen) atoms. The van der Waals surface area contributed by atoms with Crippen LogP contribution in [0.25, 0.3) is 0 Å². The summed E-state index contributed by atoms with van der Waals surface area (Å²) in [6, 6.07) is 16.2. The van der Waals surface area contributed by atoms with Gasteiger partial charge in [0.2, 0.25) is 5.91 Å². The zero-order valence-corrected chi connectivity index (χ0v) is 17.4. The van der Waals surface area contributed by atoms with Crippen LogP contribution in [-0.4, -0.2) is 64.3 Å². The first-order valence-electron chi connectivity index (χ1n) is 10.2. The molecule has 0 atom stereocenters. The molecule has 2 aromatic carbocycles. The maximum Gasteiger partial charge on any atom is 0.223 e. The molecule has 0 saturated carbocycles. The summed E-state index contributed by atoms with van der Waals surface area (Å²) < 4.78 is 10.4. The van der Waals surface area contributed by atoms with Crippen molar-refractivity contribution < 1.29 is 14.3 Å². The second-order valence-corrected chi connectivity index (χ2v) is 7.16. The van der Waals surface area contributed by atoms with Crippen LogP contribution >= 0.6 is 0 Å². The molecule has 1 aliphatic heterocycles. The van der Waals surface area contributed by atoms with Gasteiger partial charge in [0.05, 0.1) is 14.2 Å². The van der Waals surface area contributed by atoms with Crippen LogP contribution in [0, 0.1) is 0 Å². The van der Waals surface area contributed by atoms with Crippen LogP contribution in [-0.2, 0) is 11.2 Å². The second kappa shape index (κ2) is 10.7. The molecule has 0 unspecified atom stereocenters. The van der Waals surface area contributed by atoms with Crippen LogP contribution in [0.15, 0.2) is 48.5 Å². The van der Waals surface area contributed by atoms with Crippen molar-refractivity contribution in [3.63, 3.8) is 0 Å². The molecule has 1 amide bonds. The molecular weight excluding hydrogens is 366 g/mol. The van der Waals surface area contributed by atoms with Gasteiger partial charge in [-0.05, 0) is 54.9 Å². The summed E-state index contributed by atoms with van der Waals surface area (Å²) in [4.78, 5) is 16.8. The second-order valence-electron chi connectivity index (χ2n) is 7.16. The van der Waals surface area contributed by atoms with E-state index in [4.69, 9.17) is 9.47 Å². The largest absolute Gasteiger partial charge is 0.497 e. The molecule has 3 rings (SSSR count). The van der Waals surface area contributed by atoms with E-state index < -0.39 is 0 Å². The van der Waals surface area contributed by atoms with Crippen molar-refractivity contribution >= 4 is 11.6 Å². The molecule has 1 saturated heterocycles. The Labute approximate surface area is 173 Å². The van der Waals surface area contributed by atoms with E-state index in [1.807, 2.05) is 29.2 Å². The van der Waals surface area contributed by atoms with Crippen molar-refractivity contribution in [2.45, 2.75) is 12.8 Å². The van der Waals surface area contributed by atoms with Gasteiger partial charge in [0.15, 0.2) is 0 Å². The fourth-order valence-corrected chi connectivity index (χ4v) is 3.51. The number of nitrogens with zero attached hydrogens (tertiary/aromatic N) is 2. The highest BCUT2D eigenvalue weighted by Crippen LogP contribution is 2.20. The van der Waals surface area contributed by atoms with Crippen LogP contribution in [0.4, 0.5) is 5.69 Å². The number of carbonyl (C=O) groups is 1. The lowest BCUT2D eigenvalue weighted by Crippen LogP contribution is -2.49. The van der Waals surface area contributed by atoms with E-state index in [1.54, 1.807) is 14.2 Å². The lowest BCUT2D eigenvalue weighted by Gasteiger charge is -2.36. The first-order valence-corrected chi connectivity index (χ1v) is 10.2. The standard InChI is InChI=1S/C23H31N3O3/c1-28-21-7-3-19(4-8-21)11-13-24-14-12-23(27)26-17-15-25(16-18-26)20-5-9-22(29-2)10-6-20/h3-10,24H,11-18H2,1-2H3. The van der Waals surface area contributed by atoms with Crippen molar-refractivity contribution in [1.82, 2.24) is 10.2 Å². The van der Waals surface area contributed by atoms with Gasteiger partial charge in [-0.2, -0.15) is 0 Å². The number of benzene rings is 2. The monoisotopic (exact) mass is 397 g/mol. The van der Waals surface area contributed by atoms with Gasteiger partial charge in [-0.1, -0.05) is 12.1 Å². The third kappa shape index (κ3) is 6.12. The van der Waals surface area contributed by atoms with Gasteiger partial charge in [0.1, 0.15) is 11.5 Å². The van der Waals surface area contributed by atoms with Crippen LogP contribution in [0.1, 0.15) is 12.0 Å². The average Bonchev–Trinajstić information content (AvgIpc) is 2.79. The molecule has 6 nitrogen and oxygen atoms in total. The first-order chi connectivity index (χ1) is 14.2. The molecule has 0 bridgehead atoms. The maximum atomic E-state index is 12.5. The number of rotatable bonds is 9. The Balaban J connectivity index is 1.32. The third-order valence-corrected chi connectivity index (χ3v) is 5.34. The average molecular weight is 398 g/mol. The maximum absolute atomic E-state index is 12.5. The molecule has 156 valence electrons. The number of anilines is 1. The predicted molar refractivity (Wildman–Crippen MR) is 116 cm³/mol. The number of nitrogens with one attached hydrogen (secondary N) is 1. The van der Waals surface area contributed by atoms with Crippen molar-refractivity contribution in [1.29, 1.82) is 0 Å².